The Balaban J connectivity index is 2.59. The van der Waals surface area contributed by atoms with Gasteiger partial charge in [-0.3, -0.25) is 4.79 Å². The van der Waals surface area contributed by atoms with E-state index < -0.39 is 21.5 Å². The molecule has 1 aromatic carbocycles. The molecule has 6 heteroatoms. The first-order chi connectivity index (χ1) is 7.78. The summed E-state index contributed by atoms with van der Waals surface area (Å²) in [6.07, 6.45) is 0.836. The van der Waals surface area contributed by atoms with Crippen LogP contribution in [-0.4, -0.2) is 26.2 Å². The molecular formula is C11H12F2O3S. The summed E-state index contributed by atoms with van der Waals surface area (Å²) in [6.45, 7) is 0. The molecule has 0 aliphatic rings. The van der Waals surface area contributed by atoms with Gasteiger partial charge in [0.15, 0.2) is 11.6 Å². The molecular weight excluding hydrogens is 250 g/mol. The fourth-order valence-electron chi connectivity index (χ4n) is 1.26. The standard InChI is InChI=1S/C11H12F2O3S/c1-17(15,16)5-4-9(14)6-8-2-3-10(12)11(13)7-8/h2-3,7H,4-6H2,1H3. The first-order valence-electron chi connectivity index (χ1n) is 4.91. The number of benzene rings is 1. The van der Waals surface area contributed by atoms with Gasteiger partial charge in [-0.05, 0) is 17.7 Å². The van der Waals surface area contributed by atoms with Gasteiger partial charge < -0.3 is 0 Å². The Morgan fingerprint density at radius 2 is 1.88 bits per heavy atom. The fourth-order valence-corrected chi connectivity index (χ4v) is 1.86. The van der Waals surface area contributed by atoms with E-state index in [9.17, 15) is 22.0 Å². The molecule has 0 unspecified atom stereocenters. The lowest BCUT2D eigenvalue weighted by molar-refractivity contribution is -0.118. The van der Waals surface area contributed by atoms with Crippen molar-refractivity contribution in [3.8, 4) is 0 Å². The fraction of sp³-hybridized carbons (Fsp3) is 0.364. The van der Waals surface area contributed by atoms with E-state index in [1.165, 1.54) is 6.07 Å². The summed E-state index contributed by atoms with van der Waals surface area (Å²) in [5.74, 6) is -2.53. The van der Waals surface area contributed by atoms with E-state index in [2.05, 4.69) is 0 Å². The van der Waals surface area contributed by atoms with Gasteiger partial charge in [-0.25, -0.2) is 17.2 Å². The van der Waals surface area contributed by atoms with Crippen LogP contribution < -0.4 is 0 Å². The van der Waals surface area contributed by atoms with Gasteiger partial charge >= 0.3 is 0 Å². The van der Waals surface area contributed by atoms with Gasteiger partial charge in [0.2, 0.25) is 0 Å². The third-order valence-electron chi connectivity index (χ3n) is 2.14. The third-order valence-corrected chi connectivity index (χ3v) is 3.08. The van der Waals surface area contributed by atoms with Crippen molar-refractivity contribution < 1.29 is 22.0 Å². The molecule has 0 atom stereocenters. The van der Waals surface area contributed by atoms with Crippen molar-refractivity contribution in [1.29, 1.82) is 0 Å². The van der Waals surface area contributed by atoms with Crippen LogP contribution in [0.15, 0.2) is 18.2 Å². The molecule has 17 heavy (non-hydrogen) atoms. The number of Topliss-reactive ketones (excluding diaryl/α,β-unsaturated/α-hetero) is 1. The third kappa shape index (κ3) is 5.04. The summed E-state index contributed by atoms with van der Waals surface area (Å²) in [4.78, 5) is 11.4. The number of carbonyl (C=O) groups excluding carboxylic acids is 1. The van der Waals surface area contributed by atoms with Crippen LogP contribution in [-0.2, 0) is 21.1 Å². The average molecular weight is 262 g/mol. The van der Waals surface area contributed by atoms with Gasteiger partial charge in [-0.2, -0.15) is 0 Å². The van der Waals surface area contributed by atoms with Crippen molar-refractivity contribution >= 4 is 15.6 Å². The van der Waals surface area contributed by atoms with Crippen LogP contribution in [0, 0.1) is 11.6 Å². The number of sulfone groups is 1. The van der Waals surface area contributed by atoms with E-state index >= 15 is 0 Å². The number of hydrogen-bond acceptors (Lipinski definition) is 3. The smallest absolute Gasteiger partial charge is 0.159 e. The average Bonchev–Trinajstić information content (AvgIpc) is 2.20. The van der Waals surface area contributed by atoms with Crippen molar-refractivity contribution in [3.05, 3.63) is 35.4 Å². The van der Waals surface area contributed by atoms with Crippen molar-refractivity contribution in [1.82, 2.24) is 0 Å². The Hall–Kier alpha value is -1.30. The van der Waals surface area contributed by atoms with Crippen LogP contribution in [0.5, 0.6) is 0 Å². The second kappa shape index (κ2) is 5.35. The molecule has 0 fully saturated rings. The van der Waals surface area contributed by atoms with Gasteiger partial charge in [0.1, 0.15) is 15.6 Å². The SMILES string of the molecule is CS(=O)(=O)CCC(=O)Cc1ccc(F)c(F)c1. The van der Waals surface area contributed by atoms with E-state index in [1.807, 2.05) is 0 Å². The summed E-state index contributed by atoms with van der Waals surface area (Å²) in [5.41, 5.74) is 0.336. The van der Waals surface area contributed by atoms with Crippen molar-refractivity contribution in [2.75, 3.05) is 12.0 Å². The van der Waals surface area contributed by atoms with Crippen LogP contribution in [0.3, 0.4) is 0 Å². The minimum Gasteiger partial charge on any atom is -0.299 e. The minimum absolute atomic E-state index is 0.0906. The summed E-state index contributed by atoms with van der Waals surface area (Å²) >= 11 is 0. The lowest BCUT2D eigenvalue weighted by Gasteiger charge is -2.01. The van der Waals surface area contributed by atoms with E-state index in [4.69, 9.17) is 0 Å². The van der Waals surface area contributed by atoms with E-state index in [-0.39, 0.29) is 24.4 Å². The highest BCUT2D eigenvalue weighted by atomic mass is 32.2. The maximum absolute atomic E-state index is 12.8. The number of hydrogen-bond donors (Lipinski definition) is 0. The Bertz CT molecular complexity index is 524. The molecule has 1 rings (SSSR count). The maximum Gasteiger partial charge on any atom is 0.159 e. The lowest BCUT2D eigenvalue weighted by atomic mass is 10.1. The topological polar surface area (TPSA) is 51.2 Å². The second-order valence-corrected chi connectivity index (χ2v) is 6.10. The highest BCUT2D eigenvalue weighted by molar-refractivity contribution is 7.90. The Morgan fingerprint density at radius 3 is 2.41 bits per heavy atom. The van der Waals surface area contributed by atoms with E-state index in [0.29, 0.717) is 5.56 Å². The zero-order valence-corrected chi connectivity index (χ0v) is 10.1. The highest BCUT2D eigenvalue weighted by Crippen LogP contribution is 2.10. The van der Waals surface area contributed by atoms with Crippen LogP contribution in [0.2, 0.25) is 0 Å². The molecule has 0 aliphatic heterocycles. The van der Waals surface area contributed by atoms with Crippen LogP contribution in [0.4, 0.5) is 8.78 Å². The largest absolute Gasteiger partial charge is 0.299 e. The molecule has 1 aromatic rings. The quantitative estimate of drug-likeness (QED) is 0.808. The zero-order chi connectivity index (χ0) is 13.1. The number of carbonyl (C=O) groups is 1. The summed E-state index contributed by atoms with van der Waals surface area (Å²) < 4.78 is 47.1. The Morgan fingerprint density at radius 1 is 1.24 bits per heavy atom. The maximum atomic E-state index is 12.8. The molecule has 0 aromatic heterocycles. The summed E-state index contributed by atoms with van der Waals surface area (Å²) in [7, 11) is -3.18. The molecule has 0 amide bonds. The molecule has 0 radical (unpaired) electrons. The number of halogens is 2. The van der Waals surface area contributed by atoms with Crippen LogP contribution in [0.1, 0.15) is 12.0 Å². The molecule has 94 valence electrons. The first-order valence-corrected chi connectivity index (χ1v) is 6.97. The zero-order valence-electron chi connectivity index (χ0n) is 9.24. The molecule has 0 N–H and O–H groups in total. The van der Waals surface area contributed by atoms with Gasteiger partial charge in [0, 0.05) is 19.1 Å². The molecule has 3 nitrogen and oxygen atoms in total. The molecule has 0 bridgehead atoms. The monoisotopic (exact) mass is 262 g/mol. The van der Waals surface area contributed by atoms with E-state index in [1.54, 1.807) is 0 Å². The normalized spacial score (nSPS) is 11.5. The Labute approximate surface area is 98.4 Å². The van der Waals surface area contributed by atoms with E-state index in [0.717, 1.165) is 18.4 Å². The van der Waals surface area contributed by atoms with Crippen molar-refractivity contribution in [2.24, 2.45) is 0 Å². The van der Waals surface area contributed by atoms with Gasteiger partial charge in [0.05, 0.1) is 5.75 Å². The highest BCUT2D eigenvalue weighted by Gasteiger charge is 2.10. The molecule has 0 heterocycles. The molecule has 0 spiro atoms. The lowest BCUT2D eigenvalue weighted by Crippen LogP contribution is -2.11. The predicted octanol–water partition coefficient (Wildman–Crippen LogP) is 1.51. The predicted molar refractivity (Wildman–Crippen MR) is 59.4 cm³/mol. The second-order valence-electron chi connectivity index (χ2n) is 3.84. The summed E-state index contributed by atoms with van der Waals surface area (Å²) in [5, 5.41) is 0. The molecule has 0 aliphatic carbocycles. The van der Waals surface area contributed by atoms with Gasteiger partial charge in [0.25, 0.3) is 0 Å². The minimum atomic E-state index is -3.18. The first kappa shape index (κ1) is 13.8. The van der Waals surface area contributed by atoms with Gasteiger partial charge in [-0.15, -0.1) is 0 Å². The van der Waals surface area contributed by atoms with Crippen LogP contribution in [0.25, 0.3) is 0 Å². The van der Waals surface area contributed by atoms with Gasteiger partial charge in [-0.1, -0.05) is 6.07 Å². The molecule has 0 saturated carbocycles. The summed E-state index contributed by atoms with van der Waals surface area (Å²) in [6, 6.07) is 3.18. The van der Waals surface area contributed by atoms with Crippen molar-refractivity contribution in [3.63, 3.8) is 0 Å². The molecule has 0 saturated heterocycles. The number of ketones is 1. The van der Waals surface area contributed by atoms with Crippen LogP contribution >= 0.6 is 0 Å². The Kier molecular flexibility index (Phi) is 4.34. The van der Waals surface area contributed by atoms with Crippen molar-refractivity contribution in [2.45, 2.75) is 12.8 Å². The number of rotatable bonds is 5.